The van der Waals surface area contributed by atoms with Crippen molar-refractivity contribution in [2.75, 3.05) is 6.54 Å². The van der Waals surface area contributed by atoms with Crippen LogP contribution in [-0.2, 0) is 24.5 Å². The Bertz CT molecular complexity index is 1100. The van der Waals surface area contributed by atoms with E-state index in [1.54, 1.807) is 0 Å². The molecule has 176 valence electrons. The molecule has 2 N–H and O–H groups in total. The molecule has 0 saturated carbocycles. The summed E-state index contributed by atoms with van der Waals surface area (Å²) in [5, 5.41) is 13.0. The average molecular weight is 481 g/mol. The number of aromatic nitrogens is 1. The van der Waals surface area contributed by atoms with Gasteiger partial charge in [0, 0.05) is 18.5 Å². The Hall–Kier alpha value is -3.31. The van der Waals surface area contributed by atoms with Crippen LogP contribution in [0.3, 0.4) is 0 Å². The lowest BCUT2D eigenvalue weighted by Crippen LogP contribution is -2.25. The third kappa shape index (κ3) is 8.28. The van der Waals surface area contributed by atoms with Crippen LogP contribution in [-0.4, -0.2) is 28.7 Å². The summed E-state index contributed by atoms with van der Waals surface area (Å²) < 4.78 is 48.7. The number of hydrogen-bond donors (Lipinski definition) is 2. The molecule has 2 aromatic carbocycles. The third-order valence-electron chi connectivity index (χ3n) is 4.37. The van der Waals surface area contributed by atoms with E-state index in [1.165, 1.54) is 35.6 Å². The fourth-order valence-corrected chi connectivity index (χ4v) is 3.85. The summed E-state index contributed by atoms with van der Waals surface area (Å²) in [4.78, 5) is 15.8. The molecule has 33 heavy (non-hydrogen) atoms. The van der Waals surface area contributed by atoms with Crippen molar-refractivity contribution in [2.45, 2.75) is 32.5 Å². The number of nitrogens with zero attached hydrogens (tertiary/aromatic N) is 2. The van der Waals surface area contributed by atoms with Crippen molar-refractivity contribution in [1.82, 2.24) is 9.88 Å². The molecule has 0 saturated heterocycles. The fraction of sp³-hybridized carbons (Fsp3) is 0.273. The van der Waals surface area contributed by atoms with E-state index in [9.17, 15) is 18.0 Å². The Labute approximate surface area is 191 Å². The summed E-state index contributed by atoms with van der Waals surface area (Å²) >= 11 is 1.36. The van der Waals surface area contributed by atoms with Crippen LogP contribution in [0.1, 0.15) is 17.7 Å². The first-order valence-corrected chi connectivity index (χ1v) is 10.8. The number of benzene rings is 2. The molecule has 1 amide bonds. The maximum atomic E-state index is 12.4. The number of hydrogen-bond acceptors (Lipinski definition) is 5. The van der Waals surface area contributed by atoms with Crippen LogP contribution in [0, 0.1) is 0 Å². The van der Waals surface area contributed by atoms with Crippen molar-refractivity contribution in [3.63, 3.8) is 0 Å². The molecule has 0 bridgehead atoms. The number of alkyl halides is 3. The molecule has 0 aliphatic heterocycles. The molecule has 0 atom stereocenters. The second-order valence-corrected chi connectivity index (χ2v) is 7.72. The summed E-state index contributed by atoms with van der Waals surface area (Å²) in [6.07, 6.45) is -5.32. The number of carboxylic acid groups (broad SMARTS) is 1. The highest BCUT2D eigenvalue weighted by molar-refractivity contribution is 7.07. The molecular weight excluding hydrogens is 459 g/mol. The predicted molar refractivity (Wildman–Crippen MR) is 116 cm³/mol. The quantitative estimate of drug-likeness (QED) is 0.397. The summed E-state index contributed by atoms with van der Waals surface area (Å²) in [5.74, 6) is -0.324. The lowest BCUT2D eigenvalue weighted by molar-refractivity contribution is -0.274. The highest BCUT2D eigenvalue weighted by Gasteiger charge is 2.30. The minimum absolute atomic E-state index is 0.269. The summed E-state index contributed by atoms with van der Waals surface area (Å²) in [7, 11) is 0. The van der Waals surface area contributed by atoms with Gasteiger partial charge in [-0.2, -0.15) is 0 Å². The Balaban J connectivity index is 1.75. The van der Waals surface area contributed by atoms with Gasteiger partial charge in [0.25, 0.3) is 0 Å². The molecule has 0 spiro atoms. The minimum Gasteiger partial charge on any atom is -0.465 e. The Kier molecular flexibility index (Phi) is 8.50. The zero-order valence-corrected chi connectivity index (χ0v) is 18.2. The summed E-state index contributed by atoms with van der Waals surface area (Å²) in [6.45, 7) is 1.52. The number of halogens is 3. The van der Waals surface area contributed by atoms with Crippen LogP contribution in [0.25, 0.3) is 0 Å². The van der Waals surface area contributed by atoms with Gasteiger partial charge in [0.05, 0.1) is 24.6 Å². The van der Waals surface area contributed by atoms with Crippen molar-refractivity contribution in [1.29, 1.82) is 0 Å². The molecule has 1 aromatic heterocycles. The molecule has 0 aliphatic carbocycles. The molecule has 0 radical (unpaired) electrons. The van der Waals surface area contributed by atoms with Crippen LogP contribution >= 0.6 is 11.3 Å². The number of thiazole rings is 1. The highest BCUT2D eigenvalue weighted by Crippen LogP contribution is 2.24. The first kappa shape index (κ1) is 24.3. The van der Waals surface area contributed by atoms with Crippen LogP contribution in [0.15, 0.2) is 65.0 Å². The van der Waals surface area contributed by atoms with Crippen molar-refractivity contribution >= 4 is 23.1 Å². The van der Waals surface area contributed by atoms with E-state index < -0.39 is 12.5 Å². The van der Waals surface area contributed by atoms with Gasteiger partial charge in [-0.1, -0.05) is 30.3 Å². The predicted octanol–water partition coefficient (Wildman–Crippen LogP) is 5.06. The van der Waals surface area contributed by atoms with Gasteiger partial charge in [-0.15, -0.1) is 24.5 Å². The number of carbonyl (C=O) groups is 1. The van der Waals surface area contributed by atoms with E-state index >= 15 is 0 Å². The molecule has 3 rings (SSSR count). The zero-order valence-electron chi connectivity index (χ0n) is 17.4. The number of amides is 1. The molecule has 0 unspecified atom stereocenters. The van der Waals surface area contributed by atoms with E-state index in [4.69, 9.17) is 9.84 Å². The topological polar surface area (TPSA) is 85.1 Å². The zero-order chi connectivity index (χ0) is 23.7. The molecule has 11 heteroatoms. The van der Waals surface area contributed by atoms with Gasteiger partial charge in [0.15, 0.2) is 4.80 Å². The van der Waals surface area contributed by atoms with E-state index in [2.05, 4.69) is 15.0 Å². The second kappa shape index (κ2) is 11.5. The van der Waals surface area contributed by atoms with E-state index in [0.717, 1.165) is 11.3 Å². The molecule has 7 nitrogen and oxygen atoms in total. The molecule has 0 aliphatic rings. The lowest BCUT2D eigenvalue weighted by Gasteiger charge is -2.10. The molecular formula is C22H22F3N3O4S. The van der Waals surface area contributed by atoms with Crippen LogP contribution in [0.5, 0.6) is 5.75 Å². The molecule has 3 aromatic rings. The van der Waals surface area contributed by atoms with E-state index in [1.807, 2.05) is 40.3 Å². The van der Waals surface area contributed by atoms with Crippen molar-refractivity contribution < 1.29 is 32.5 Å². The first-order valence-electron chi connectivity index (χ1n) is 9.96. The molecule has 0 fully saturated rings. The first-order chi connectivity index (χ1) is 15.8. The number of rotatable bonds is 10. The SMILES string of the molecule is O=C(O)NCCCn1c(COCc2ccccc2)csc1=Nc1ccc(OC(F)(F)F)cc1. The number of nitrogens with one attached hydrogen (secondary N) is 1. The Morgan fingerprint density at radius 1 is 1.09 bits per heavy atom. The highest BCUT2D eigenvalue weighted by atomic mass is 32.1. The van der Waals surface area contributed by atoms with Crippen LogP contribution in [0.4, 0.5) is 23.7 Å². The fourth-order valence-electron chi connectivity index (χ4n) is 2.92. The number of ether oxygens (including phenoxy) is 2. The van der Waals surface area contributed by atoms with Crippen LogP contribution in [0.2, 0.25) is 0 Å². The standard InChI is InChI=1S/C22H22F3N3O4S/c23-22(24,25)32-19-9-7-17(8-10-19)27-20-28(12-4-11-26-21(29)30)18(15-33-20)14-31-13-16-5-2-1-3-6-16/h1-3,5-10,15,26H,4,11-14H2,(H,29,30). The van der Waals surface area contributed by atoms with Crippen molar-refractivity contribution in [3.05, 3.63) is 76.0 Å². The molecule has 1 heterocycles. The van der Waals surface area contributed by atoms with Crippen LogP contribution < -0.4 is 14.9 Å². The monoisotopic (exact) mass is 481 g/mol. The van der Waals surface area contributed by atoms with E-state index in [0.29, 0.717) is 36.7 Å². The lowest BCUT2D eigenvalue weighted by atomic mass is 10.2. The van der Waals surface area contributed by atoms with Gasteiger partial charge in [0.2, 0.25) is 0 Å². The normalized spacial score (nSPS) is 12.0. The van der Waals surface area contributed by atoms with Gasteiger partial charge in [-0.3, -0.25) is 0 Å². The van der Waals surface area contributed by atoms with Crippen molar-refractivity contribution in [3.8, 4) is 5.75 Å². The van der Waals surface area contributed by atoms with Gasteiger partial charge in [-0.05, 0) is 36.2 Å². The Morgan fingerprint density at radius 3 is 2.48 bits per heavy atom. The van der Waals surface area contributed by atoms with Gasteiger partial charge in [-0.25, -0.2) is 9.79 Å². The summed E-state index contributed by atoms with van der Waals surface area (Å²) in [5.41, 5.74) is 2.36. The smallest absolute Gasteiger partial charge is 0.465 e. The largest absolute Gasteiger partial charge is 0.573 e. The van der Waals surface area contributed by atoms with Gasteiger partial charge in [0.1, 0.15) is 5.75 Å². The third-order valence-corrected chi connectivity index (χ3v) is 5.28. The average Bonchev–Trinajstić information content (AvgIpc) is 3.13. The van der Waals surface area contributed by atoms with Gasteiger partial charge < -0.3 is 24.5 Å². The summed E-state index contributed by atoms with van der Waals surface area (Å²) in [6, 6.07) is 15.0. The van der Waals surface area contributed by atoms with Gasteiger partial charge >= 0.3 is 12.5 Å². The second-order valence-electron chi connectivity index (χ2n) is 6.88. The minimum atomic E-state index is -4.76. The van der Waals surface area contributed by atoms with E-state index in [-0.39, 0.29) is 12.3 Å². The van der Waals surface area contributed by atoms with Crippen molar-refractivity contribution in [2.24, 2.45) is 4.99 Å². The maximum Gasteiger partial charge on any atom is 0.573 e. The maximum absolute atomic E-state index is 12.4. The Morgan fingerprint density at radius 2 is 1.82 bits per heavy atom.